The van der Waals surface area contributed by atoms with Crippen molar-refractivity contribution in [3.63, 3.8) is 0 Å². The molecule has 0 fully saturated rings. The highest BCUT2D eigenvalue weighted by Crippen LogP contribution is 2.18. The third-order valence-corrected chi connectivity index (χ3v) is 4.40. The maximum Gasteiger partial charge on any atom is 0.332 e. The number of rotatable bonds is 11. The Balaban J connectivity index is 2.57. The molecule has 0 amide bonds. The van der Waals surface area contributed by atoms with Crippen molar-refractivity contribution in [2.45, 2.75) is 70.4 Å². The van der Waals surface area contributed by atoms with Gasteiger partial charge in [0.15, 0.2) is 5.16 Å². The van der Waals surface area contributed by atoms with E-state index in [9.17, 15) is 4.79 Å². The monoisotopic (exact) mass is 455 g/mol. The van der Waals surface area contributed by atoms with Gasteiger partial charge in [-0.05, 0) is 54.7 Å². The lowest BCUT2D eigenvalue weighted by atomic mass is 10.1. The molecule has 1 heterocycles. The van der Waals surface area contributed by atoms with Crippen LogP contribution in [0.15, 0.2) is 23.8 Å². The van der Waals surface area contributed by atoms with E-state index in [-0.39, 0.29) is 13.2 Å². The number of thioether (sulfide) groups is 1. The predicted molar refractivity (Wildman–Crippen MR) is 123 cm³/mol. The molecule has 10 heteroatoms. The minimum atomic E-state index is -0.682. The fourth-order valence-corrected chi connectivity index (χ4v) is 2.71. The first-order valence-electron chi connectivity index (χ1n) is 9.97. The Morgan fingerprint density at radius 2 is 1.68 bits per heavy atom. The first kappa shape index (κ1) is 27.2. The number of nitrogens with two attached hydrogens (primary N) is 2. The molecule has 0 saturated heterocycles. The van der Waals surface area contributed by atoms with Gasteiger partial charge in [0.2, 0.25) is 0 Å². The SMILES string of the molecule is CSc1ncc(/C(N)=C/N(N)CC(C)(C)OCC(C)(C)OCC(=O)OC(C)(C)C)cn1. The van der Waals surface area contributed by atoms with Crippen LogP contribution in [-0.2, 0) is 19.0 Å². The van der Waals surface area contributed by atoms with Gasteiger partial charge in [0.25, 0.3) is 0 Å². The molecule has 4 N–H and O–H groups in total. The number of ether oxygens (including phenoxy) is 3. The zero-order chi connectivity index (χ0) is 23.9. The average Bonchev–Trinajstić information content (AvgIpc) is 2.63. The molecule has 1 aromatic rings. The second kappa shape index (κ2) is 11.1. The first-order valence-corrected chi connectivity index (χ1v) is 11.2. The van der Waals surface area contributed by atoms with Crippen molar-refractivity contribution < 1.29 is 19.0 Å². The van der Waals surface area contributed by atoms with Crippen LogP contribution in [0.5, 0.6) is 0 Å². The highest BCUT2D eigenvalue weighted by atomic mass is 32.2. The number of hydrogen-bond acceptors (Lipinski definition) is 10. The van der Waals surface area contributed by atoms with Gasteiger partial charge in [-0.1, -0.05) is 11.8 Å². The van der Waals surface area contributed by atoms with Gasteiger partial charge in [0.1, 0.15) is 12.2 Å². The molecule has 31 heavy (non-hydrogen) atoms. The van der Waals surface area contributed by atoms with E-state index in [0.717, 1.165) is 0 Å². The van der Waals surface area contributed by atoms with Crippen LogP contribution in [0.25, 0.3) is 5.70 Å². The maximum absolute atomic E-state index is 11.9. The van der Waals surface area contributed by atoms with E-state index in [1.54, 1.807) is 18.6 Å². The van der Waals surface area contributed by atoms with Gasteiger partial charge >= 0.3 is 5.97 Å². The molecular formula is C21H37N5O4S. The third-order valence-electron chi connectivity index (χ3n) is 3.82. The molecule has 0 atom stereocenters. The fraction of sp³-hybridized carbons (Fsp3) is 0.667. The van der Waals surface area contributed by atoms with Crippen LogP contribution in [-0.4, -0.2) is 63.8 Å². The topological polar surface area (TPSA) is 126 Å². The minimum absolute atomic E-state index is 0.145. The third kappa shape index (κ3) is 11.3. The Morgan fingerprint density at radius 3 is 2.19 bits per heavy atom. The van der Waals surface area contributed by atoms with Crippen molar-refractivity contribution >= 4 is 23.4 Å². The molecule has 0 unspecified atom stereocenters. The van der Waals surface area contributed by atoms with Crippen LogP contribution < -0.4 is 11.6 Å². The van der Waals surface area contributed by atoms with Crippen molar-refractivity contribution in [3.8, 4) is 0 Å². The van der Waals surface area contributed by atoms with Crippen LogP contribution in [0.2, 0.25) is 0 Å². The molecule has 0 aliphatic rings. The van der Waals surface area contributed by atoms with Crippen LogP contribution in [0, 0.1) is 0 Å². The normalized spacial score (nSPS) is 13.3. The summed E-state index contributed by atoms with van der Waals surface area (Å²) in [6.07, 6.45) is 6.84. The van der Waals surface area contributed by atoms with Crippen LogP contribution >= 0.6 is 11.8 Å². The predicted octanol–water partition coefficient (Wildman–Crippen LogP) is 2.56. The Labute approximate surface area is 189 Å². The second-order valence-corrected chi connectivity index (χ2v) is 10.2. The van der Waals surface area contributed by atoms with Crippen molar-refractivity contribution in [3.05, 3.63) is 24.2 Å². The molecular weight excluding hydrogens is 418 g/mol. The molecule has 0 aliphatic carbocycles. The van der Waals surface area contributed by atoms with E-state index in [4.69, 9.17) is 25.8 Å². The zero-order valence-corrected chi connectivity index (χ0v) is 20.7. The average molecular weight is 456 g/mol. The summed E-state index contributed by atoms with van der Waals surface area (Å²) in [6.45, 7) is 13.5. The lowest BCUT2D eigenvalue weighted by Crippen LogP contribution is -2.45. The minimum Gasteiger partial charge on any atom is -0.458 e. The van der Waals surface area contributed by atoms with Gasteiger partial charge < -0.3 is 25.0 Å². The Bertz CT molecular complexity index is 745. The quantitative estimate of drug-likeness (QED) is 0.169. The highest BCUT2D eigenvalue weighted by molar-refractivity contribution is 7.98. The lowest BCUT2D eigenvalue weighted by molar-refractivity contribution is -0.172. The number of esters is 1. The molecule has 0 bridgehead atoms. The molecule has 0 radical (unpaired) electrons. The van der Waals surface area contributed by atoms with Crippen LogP contribution in [0.1, 0.15) is 54.0 Å². The summed E-state index contributed by atoms with van der Waals surface area (Å²) in [5.74, 6) is 5.70. The fourth-order valence-electron chi connectivity index (χ4n) is 2.39. The van der Waals surface area contributed by atoms with Gasteiger partial charge in [-0.2, -0.15) is 0 Å². The van der Waals surface area contributed by atoms with Crippen molar-refractivity contribution in [1.29, 1.82) is 0 Å². The Hall–Kier alpha value is -1.88. The lowest BCUT2D eigenvalue weighted by Gasteiger charge is -2.34. The van der Waals surface area contributed by atoms with E-state index < -0.39 is 22.8 Å². The molecule has 0 spiro atoms. The largest absolute Gasteiger partial charge is 0.458 e. The number of aromatic nitrogens is 2. The molecule has 0 saturated carbocycles. The smallest absolute Gasteiger partial charge is 0.332 e. The molecule has 0 aliphatic heterocycles. The molecule has 1 rings (SSSR count). The summed E-state index contributed by atoms with van der Waals surface area (Å²) in [6, 6.07) is 0. The number of nitrogens with zero attached hydrogens (tertiary/aromatic N) is 3. The van der Waals surface area contributed by atoms with E-state index in [1.165, 1.54) is 16.8 Å². The van der Waals surface area contributed by atoms with E-state index in [0.29, 0.717) is 23.0 Å². The second-order valence-electron chi connectivity index (χ2n) is 9.40. The standard InChI is InChI=1S/C21H37N5O4S/c1-19(2,3)30-17(27)12-28-21(6,7)14-29-20(4,5)13-26(23)11-16(22)15-9-24-18(31-8)25-10-15/h9-11H,12-14,22-23H2,1-8H3/b16-11-. The summed E-state index contributed by atoms with van der Waals surface area (Å²) in [4.78, 5) is 20.3. The molecule has 9 nitrogen and oxygen atoms in total. The Kier molecular flexibility index (Phi) is 9.74. The zero-order valence-electron chi connectivity index (χ0n) is 19.9. The van der Waals surface area contributed by atoms with Crippen molar-refractivity contribution in [1.82, 2.24) is 15.0 Å². The summed E-state index contributed by atoms with van der Waals surface area (Å²) >= 11 is 1.46. The van der Waals surface area contributed by atoms with Crippen molar-refractivity contribution in [2.24, 2.45) is 11.6 Å². The number of carbonyl (C=O) groups is 1. The van der Waals surface area contributed by atoms with E-state index >= 15 is 0 Å². The van der Waals surface area contributed by atoms with Crippen molar-refractivity contribution in [2.75, 3.05) is 26.0 Å². The summed E-state index contributed by atoms with van der Waals surface area (Å²) in [5, 5.41) is 2.14. The van der Waals surface area contributed by atoms with Gasteiger partial charge in [-0.25, -0.2) is 20.6 Å². The van der Waals surface area contributed by atoms with Gasteiger partial charge in [0, 0.05) is 24.2 Å². The summed E-state index contributed by atoms with van der Waals surface area (Å²) in [7, 11) is 0. The van der Waals surface area contributed by atoms with Crippen LogP contribution in [0.3, 0.4) is 0 Å². The summed E-state index contributed by atoms with van der Waals surface area (Å²) in [5.41, 5.74) is 5.41. The summed E-state index contributed by atoms with van der Waals surface area (Å²) < 4.78 is 17.0. The van der Waals surface area contributed by atoms with Crippen LogP contribution in [0.4, 0.5) is 0 Å². The number of hydrazine groups is 1. The Morgan fingerprint density at radius 1 is 1.10 bits per heavy atom. The maximum atomic E-state index is 11.9. The van der Waals surface area contributed by atoms with Gasteiger partial charge in [0.05, 0.1) is 30.1 Å². The van der Waals surface area contributed by atoms with E-state index in [1.807, 2.05) is 54.7 Å². The molecule has 176 valence electrons. The van der Waals surface area contributed by atoms with Gasteiger partial charge in [-0.15, -0.1) is 0 Å². The molecule has 0 aromatic carbocycles. The van der Waals surface area contributed by atoms with Gasteiger partial charge in [-0.3, -0.25) is 0 Å². The number of carbonyl (C=O) groups excluding carboxylic acids is 1. The molecule has 1 aromatic heterocycles. The van der Waals surface area contributed by atoms with E-state index in [2.05, 4.69) is 9.97 Å². The number of hydrogen-bond donors (Lipinski definition) is 2. The highest BCUT2D eigenvalue weighted by Gasteiger charge is 2.28. The first-order chi connectivity index (χ1) is 14.1.